The molecule has 3 heteroatoms. The van der Waals surface area contributed by atoms with Crippen molar-refractivity contribution < 1.29 is 0 Å². The quantitative estimate of drug-likeness (QED) is 0.786. The van der Waals surface area contributed by atoms with Gasteiger partial charge < -0.3 is 5.73 Å². The first kappa shape index (κ1) is 13.9. The van der Waals surface area contributed by atoms with E-state index in [1.54, 1.807) is 0 Å². The zero-order chi connectivity index (χ0) is 12.1. The molecule has 0 amide bonds. The van der Waals surface area contributed by atoms with E-state index in [0.717, 1.165) is 27.2 Å². The van der Waals surface area contributed by atoms with Crippen LogP contribution in [0.2, 0.25) is 5.02 Å². The standard InChI is InChI=1S/C13H20ClNS/c1-4-9(2)8-16-13-6-5-11(10(3)15)7-12(13)14/h5-7,9-10H,4,8,15H2,1-3H3/t9?,10-/m1/s1. The molecule has 1 unspecified atom stereocenters. The number of benzene rings is 1. The summed E-state index contributed by atoms with van der Waals surface area (Å²) in [5, 5.41) is 0.822. The van der Waals surface area contributed by atoms with Crippen molar-refractivity contribution >= 4 is 23.4 Å². The third kappa shape index (κ3) is 4.00. The van der Waals surface area contributed by atoms with Crippen molar-refractivity contribution in [3.8, 4) is 0 Å². The van der Waals surface area contributed by atoms with Gasteiger partial charge in [0.25, 0.3) is 0 Å². The second kappa shape index (κ2) is 6.53. The number of hydrogen-bond donors (Lipinski definition) is 1. The lowest BCUT2D eigenvalue weighted by atomic mass is 10.1. The lowest BCUT2D eigenvalue weighted by Gasteiger charge is -2.11. The van der Waals surface area contributed by atoms with Gasteiger partial charge in [-0.1, -0.05) is 37.9 Å². The molecule has 0 saturated heterocycles. The smallest absolute Gasteiger partial charge is 0.0545 e. The van der Waals surface area contributed by atoms with Gasteiger partial charge in [0, 0.05) is 16.7 Å². The Morgan fingerprint density at radius 3 is 2.56 bits per heavy atom. The first-order valence-electron chi connectivity index (χ1n) is 5.72. The highest BCUT2D eigenvalue weighted by molar-refractivity contribution is 7.99. The fraction of sp³-hybridized carbons (Fsp3) is 0.538. The molecule has 2 N–H and O–H groups in total. The molecule has 2 atom stereocenters. The molecule has 16 heavy (non-hydrogen) atoms. The minimum Gasteiger partial charge on any atom is -0.324 e. The molecule has 0 aliphatic carbocycles. The average molecular weight is 258 g/mol. The molecule has 0 aromatic heterocycles. The molecule has 90 valence electrons. The largest absolute Gasteiger partial charge is 0.324 e. The second-order valence-corrected chi connectivity index (χ2v) is 5.77. The summed E-state index contributed by atoms with van der Waals surface area (Å²) in [7, 11) is 0. The van der Waals surface area contributed by atoms with Crippen molar-refractivity contribution in [2.75, 3.05) is 5.75 Å². The van der Waals surface area contributed by atoms with Crippen molar-refractivity contribution in [3.63, 3.8) is 0 Å². The van der Waals surface area contributed by atoms with Crippen LogP contribution in [0.1, 0.15) is 38.8 Å². The van der Waals surface area contributed by atoms with Crippen LogP contribution in [-0.2, 0) is 0 Å². The van der Waals surface area contributed by atoms with Crippen molar-refractivity contribution in [2.45, 2.75) is 38.1 Å². The van der Waals surface area contributed by atoms with E-state index in [1.165, 1.54) is 6.42 Å². The van der Waals surface area contributed by atoms with Gasteiger partial charge in [0.05, 0.1) is 5.02 Å². The van der Waals surface area contributed by atoms with E-state index in [2.05, 4.69) is 26.0 Å². The maximum Gasteiger partial charge on any atom is 0.0545 e. The maximum atomic E-state index is 6.22. The Kier molecular flexibility index (Phi) is 5.67. The summed E-state index contributed by atoms with van der Waals surface area (Å²) in [6, 6.07) is 6.17. The highest BCUT2D eigenvalue weighted by atomic mass is 35.5. The second-order valence-electron chi connectivity index (χ2n) is 4.30. The first-order valence-corrected chi connectivity index (χ1v) is 7.08. The van der Waals surface area contributed by atoms with Crippen LogP contribution in [0.4, 0.5) is 0 Å². The molecule has 1 rings (SSSR count). The Morgan fingerprint density at radius 2 is 2.06 bits per heavy atom. The molecule has 0 spiro atoms. The van der Waals surface area contributed by atoms with Crippen LogP contribution >= 0.6 is 23.4 Å². The Morgan fingerprint density at radius 1 is 1.38 bits per heavy atom. The van der Waals surface area contributed by atoms with Crippen LogP contribution in [0.5, 0.6) is 0 Å². The van der Waals surface area contributed by atoms with Gasteiger partial charge >= 0.3 is 0 Å². The highest BCUT2D eigenvalue weighted by Gasteiger charge is 2.07. The van der Waals surface area contributed by atoms with E-state index >= 15 is 0 Å². The van der Waals surface area contributed by atoms with Crippen LogP contribution in [0, 0.1) is 5.92 Å². The van der Waals surface area contributed by atoms with Crippen LogP contribution < -0.4 is 5.73 Å². The topological polar surface area (TPSA) is 26.0 Å². The van der Waals surface area contributed by atoms with Gasteiger partial charge in [-0.25, -0.2) is 0 Å². The molecule has 0 heterocycles. The van der Waals surface area contributed by atoms with E-state index in [4.69, 9.17) is 17.3 Å². The highest BCUT2D eigenvalue weighted by Crippen LogP contribution is 2.30. The third-order valence-corrected chi connectivity index (χ3v) is 4.53. The lowest BCUT2D eigenvalue weighted by Crippen LogP contribution is -2.04. The summed E-state index contributed by atoms with van der Waals surface area (Å²) in [6.45, 7) is 6.45. The van der Waals surface area contributed by atoms with Gasteiger partial charge in [0.2, 0.25) is 0 Å². The molecule has 0 aliphatic rings. The summed E-state index contributed by atoms with van der Waals surface area (Å²) in [5.74, 6) is 1.85. The predicted octanol–water partition coefficient (Wildman–Crippen LogP) is 4.50. The van der Waals surface area contributed by atoms with Crippen LogP contribution in [0.25, 0.3) is 0 Å². The number of halogens is 1. The molecule has 1 nitrogen and oxygen atoms in total. The SMILES string of the molecule is CCC(C)CSc1ccc([C@@H](C)N)cc1Cl. The van der Waals surface area contributed by atoms with E-state index in [-0.39, 0.29) is 6.04 Å². The minimum absolute atomic E-state index is 0.0473. The predicted molar refractivity (Wildman–Crippen MR) is 74.2 cm³/mol. The van der Waals surface area contributed by atoms with Crippen molar-refractivity contribution in [1.82, 2.24) is 0 Å². The van der Waals surface area contributed by atoms with Crippen LogP contribution in [0.3, 0.4) is 0 Å². The van der Waals surface area contributed by atoms with Crippen molar-refractivity contribution in [3.05, 3.63) is 28.8 Å². The maximum absolute atomic E-state index is 6.22. The zero-order valence-electron chi connectivity index (χ0n) is 10.2. The molecule has 0 radical (unpaired) electrons. The normalized spacial score (nSPS) is 14.8. The van der Waals surface area contributed by atoms with Crippen LogP contribution in [0.15, 0.2) is 23.1 Å². The third-order valence-electron chi connectivity index (χ3n) is 2.70. The van der Waals surface area contributed by atoms with Gasteiger partial charge in [-0.15, -0.1) is 11.8 Å². The van der Waals surface area contributed by atoms with E-state index in [9.17, 15) is 0 Å². The average Bonchev–Trinajstić information content (AvgIpc) is 2.26. The summed E-state index contributed by atoms with van der Waals surface area (Å²) in [4.78, 5) is 1.16. The molecule has 0 bridgehead atoms. The molecule has 0 aliphatic heterocycles. The molecular weight excluding hydrogens is 238 g/mol. The fourth-order valence-corrected chi connectivity index (χ4v) is 2.68. The minimum atomic E-state index is 0.0473. The first-order chi connectivity index (χ1) is 7.54. The van der Waals surface area contributed by atoms with Crippen molar-refractivity contribution in [2.24, 2.45) is 11.7 Å². The molecule has 1 aromatic rings. The molecule has 0 saturated carbocycles. The van der Waals surface area contributed by atoms with Crippen LogP contribution in [-0.4, -0.2) is 5.75 Å². The Bertz CT molecular complexity index is 339. The monoisotopic (exact) mass is 257 g/mol. The summed E-state index contributed by atoms with van der Waals surface area (Å²) in [6.07, 6.45) is 1.21. The fourth-order valence-electron chi connectivity index (χ4n) is 1.27. The van der Waals surface area contributed by atoms with Gasteiger partial charge in [-0.2, -0.15) is 0 Å². The van der Waals surface area contributed by atoms with E-state index < -0.39 is 0 Å². The van der Waals surface area contributed by atoms with E-state index in [1.807, 2.05) is 24.8 Å². The summed E-state index contributed by atoms with van der Waals surface area (Å²) >= 11 is 8.05. The molecule has 1 aromatic carbocycles. The molecular formula is C13H20ClNS. The Labute approximate surface area is 108 Å². The van der Waals surface area contributed by atoms with Gasteiger partial charge in [0.15, 0.2) is 0 Å². The Hall–Kier alpha value is -0.180. The Balaban J connectivity index is 2.68. The number of rotatable bonds is 5. The number of nitrogens with two attached hydrogens (primary N) is 1. The van der Waals surface area contributed by atoms with E-state index in [0.29, 0.717) is 0 Å². The summed E-state index contributed by atoms with van der Waals surface area (Å²) in [5.41, 5.74) is 6.91. The number of thioether (sulfide) groups is 1. The van der Waals surface area contributed by atoms with Crippen molar-refractivity contribution in [1.29, 1.82) is 0 Å². The van der Waals surface area contributed by atoms with Gasteiger partial charge in [-0.3, -0.25) is 0 Å². The molecule has 0 fully saturated rings. The van der Waals surface area contributed by atoms with Gasteiger partial charge in [-0.05, 0) is 30.5 Å². The summed E-state index contributed by atoms with van der Waals surface area (Å²) < 4.78 is 0. The zero-order valence-corrected chi connectivity index (χ0v) is 11.7. The van der Waals surface area contributed by atoms with Gasteiger partial charge in [0.1, 0.15) is 0 Å². The lowest BCUT2D eigenvalue weighted by molar-refractivity contribution is 0.637. The number of hydrogen-bond acceptors (Lipinski definition) is 2.